The molecule has 1 aromatic heterocycles. The van der Waals surface area contributed by atoms with Gasteiger partial charge in [0.05, 0.1) is 5.69 Å². The van der Waals surface area contributed by atoms with Gasteiger partial charge < -0.3 is 10.2 Å². The van der Waals surface area contributed by atoms with E-state index in [2.05, 4.69) is 15.6 Å². The topological polar surface area (TPSA) is 45.2 Å². The van der Waals surface area contributed by atoms with Crippen LogP contribution >= 0.6 is 11.3 Å². The van der Waals surface area contributed by atoms with E-state index in [4.69, 9.17) is 4.98 Å². The molecule has 0 saturated carbocycles. The lowest BCUT2D eigenvalue weighted by Gasteiger charge is -2.12. The molecule has 4 nitrogen and oxygen atoms in total. The third kappa shape index (κ3) is 3.60. The summed E-state index contributed by atoms with van der Waals surface area (Å²) in [6.07, 6.45) is 2.46. The first-order valence-electron chi connectivity index (χ1n) is 8.57. The highest BCUT2D eigenvalue weighted by atomic mass is 32.1. The van der Waals surface area contributed by atoms with Gasteiger partial charge in [-0.1, -0.05) is 18.2 Å². The Morgan fingerprint density at radius 1 is 1.12 bits per heavy atom. The van der Waals surface area contributed by atoms with E-state index in [9.17, 15) is 9.18 Å². The second kappa shape index (κ2) is 7.25. The Labute approximate surface area is 155 Å². The van der Waals surface area contributed by atoms with Gasteiger partial charge in [-0.2, -0.15) is 0 Å². The summed E-state index contributed by atoms with van der Waals surface area (Å²) in [4.78, 5) is 19.2. The summed E-state index contributed by atoms with van der Waals surface area (Å²) in [5, 5.41) is 5.92. The minimum atomic E-state index is -0.426. The summed E-state index contributed by atoms with van der Waals surface area (Å²) in [6, 6.07) is 13.2. The van der Waals surface area contributed by atoms with Gasteiger partial charge in [-0.15, -0.1) is 11.3 Å². The van der Waals surface area contributed by atoms with Crippen LogP contribution < -0.4 is 10.2 Å². The SMILES string of the molecule is O=C(Nc1ccc(-c2csc(N3CCCC3)n2)cc1)c1cccc(F)c1. The predicted octanol–water partition coefficient (Wildman–Crippen LogP) is 4.80. The summed E-state index contributed by atoms with van der Waals surface area (Å²) in [7, 11) is 0. The second-order valence-electron chi connectivity index (χ2n) is 6.25. The van der Waals surface area contributed by atoms with Crippen LogP contribution in [0.25, 0.3) is 11.3 Å². The van der Waals surface area contributed by atoms with Gasteiger partial charge in [0.2, 0.25) is 0 Å². The fourth-order valence-electron chi connectivity index (χ4n) is 3.01. The first-order chi connectivity index (χ1) is 12.7. The van der Waals surface area contributed by atoms with Gasteiger partial charge in [0.15, 0.2) is 5.13 Å². The van der Waals surface area contributed by atoms with Crippen molar-refractivity contribution in [3.8, 4) is 11.3 Å². The van der Waals surface area contributed by atoms with Crippen molar-refractivity contribution >= 4 is 28.1 Å². The molecule has 1 saturated heterocycles. The lowest BCUT2D eigenvalue weighted by Crippen LogP contribution is -2.17. The van der Waals surface area contributed by atoms with Crippen LogP contribution in [0, 0.1) is 5.82 Å². The molecule has 2 heterocycles. The highest BCUT2D eigenvalue weighted by molar-refractivity contribution is 7.14. The van der Waals surface area contributed by atoms with Crippen LogP contribution in [0.4, 0.5) is 15.2 Å². The van der Waals surface area contributed by atoms with Crippen molar-refractivity contribution in [2.75, 3.05) is 23.3 Å². The van der Waals surface area contributed by atoms with E-state index < -0.39 is 5.82 Å². The van der Waals surface area contributed by atoms with Crippen LogP contribution in [-0.4, -0.2) is 24.0 Å². The van der Waals surface area contributed by atoms with Crippen molar-refractivity contribution < 1.29 is 9.18 Å². The van der Waals surface area contributed by atoms with Gasteiger partial charge in [-0.3, -0.25) is 4.79 Å². The lowest BCUT2D eigenvalue weighted by atomic mass is 10.1. The number of rotatable bonds is 4. The number of aromatic nitrogens is 1. The molecule has 132 valence electrons. The highest BCUT2D eigenvalue weighted by Gasteiger charge is 2.16. The maximum atomic E-state index is 13.2. The maximum absolute atomic E-state index is 13.2. The number of hydrogen-bond donors (Lipinski definition) is 1. The first-order valence-corrected chi connectivity index (χ1v) is 9.45. The summed E-state index contributed by atoms with van der Waals surface area (Å²) in [6.45, 7) is 2.16. The average molecular weight is 367 g/mol. The number of benzene rings is 2. The number of carbonyl (C=O) groups excluding carboxylic acids is 1. The number of hydrogen-bond acceptors (Lipinski definition) is 4. The monoisotopic (exact) mass is 367 g/mol. The van der Waals surface area contributed by atoms with Crippen molar-refractivity contribution in [2.45, 2.75) is 12.8 Å². The van der Waals surface area contributed by atoms with E-state index in [0.717, 1.165) is 29.5 Å². The van der Waals surface area contributed by atoms with Gasteiger partial charge in [-0.25, -0.2) is 9.37 Å². The Bertz CT molecular complexity index is 917. The van der Waals surface area contributed by atoms with E-state index >= 15 is 0 Å². The molecule has 0 radical (unpaired) electrons. The lowest BCUT2D eigenvalue weighted by molar-refractivity contribution is 0.102. The van der Waals surface area contributed by atoms with Gasteiger partial charge in [0.25, 0.3) is 5.91 Å². The summed E-state index contributed by atoms with van der Waals surface area (Å²) in [5.74, 6) is -0.757. The molecule has 1 fully saturated rings. The quantitative estimate of drug-likeness (QED) is 0.720. The summed E-state index contributed by atoms with van der Waals surface area (Å²) in [5.41, 5.74) is 2.91. The van der Waals surface area contributed by atoms with E-state index in [1.165, 1.54) is 31.0 Å². The number of anilines is 2. The number of amides is 1. The van der Waals surface area contributed by atoms with Crippen LogP contribution in [0.2, 0.25) is 0 Å². The zero-order valence-corrected chi connectivity index (χ0v) is 14.9. The standard InChI is InChI=1S/C20H18FN3OS/c21-16-5-3-4-15(12-16)19(25)22-17-8-6-14(7-9-17)18-13-26-20(23-18)24-10-1-2-11-24/h3-9,12-13H,1-2,10-11H2,(H,22,25). The highest BCUT2D eigenvalue weighted by Crippen LogP contribution is 2.30. The van der Waals surface area contributed by atoms with Crippen LogP contribution in [-0.2, 0) is 0 Å². The first kappa shape index (κ1) is 16.7. The molecule has 1 aliphatic heterocycles. The van der Waals surface area contributed by atoms with E-state index in [0.29, 0.717) is 11.3 Å². The number of carbonyl (C=O) groups is 1. The molecule has 2 aromatic carbocycles. The predicted molar refractivity (Wildman–Crippen MR) is 103 cm³/mol. The molecular weight excluding hydrogens is 349 g/mol. The maximum Gasteiger partial charge on any atom is 0.255 e. The fraction of sp³-hybridized carbons (Fsp3) is 0.200. The minimum Gasteiger partial charge on any atom is -0.348 e. The van der Waals surface area contributed by atoms with Crippen molar-refractivity contribution in [3.05, 3.63) is 65.3 Å². The Kier molecular flexibility index (Phi) is 4.67. The molecule has 4 rings (SSSR count). The molecule has 0 bridgehead atoms. The summed E-state index contributed by atoms with van der Waals surface area (Å²) >= 11 is 1.66. The Morgan fingerprint density at radius 3 is 2.62 bits per heavy atom. The third-order valence-electron chi connectivity index (χ3n) is 4.39. The van der Waals surface area contributed by atoms with Gasteiger partial charge in [-0.05, 0) is 43.2 Å². The molecule has 0 atom stereocenters. The molecule has 1 amide bonds. The normalized spacial score (nSPS) is 13.8. The number of nitrogens with one attached hydrogen (secondary N) is 1. The molecular formula is C20H18FN3OS. The van der Waals surface area contributed by atoms with E-state index in [1.807, 2.05) is 24.3 Å². The molecule has 1 aliphatic rings. The number of nitrogens with zero attached hydrogens (tertiary/aromatic N) is 2. The molecule has 3 aromatic rings. The zero-order chi connectivity index (χ0) is 17.9. The molecule has 0 spiro atoms. The van der Waals surface area contributed by atoms with Crippen LogP contribution in [0.3, 0.4) is 0 Å². The Balaban J connectivity index is 1.46. The van der Waals surface area contributed by atoms with E-state index in [1.54, 1.807) is 17.4 Å². The van der Waals surface area contributed by atoms with Crippen molar-refractivity contribution in [3.63, 3.8) is 0 Å². The van der Waals surface area contributed by atoms with Crippen LogP contribution in [0.1, 0.15) is 23.2 Å². The molecule has 26 heavy (non-hydrogen) atoms. The van der Waals surface area contributed by atoms with Crippen LogP contribution in [0.15, 0.2) is 53.9 Å². The zero-order valence-electron chi connectivity index (χ0n) is 14.1. The molecule has 6 heteroatoms. The van der Waals surface area contributed by atoms with Crippen molar-refractivity contribution in [2.24, 2.45) is 0 Å². The third-order valence-corrected chi connectivity index (χ3v) is 5.30. The number of thiazole rings is 1. The fourth-order valence-corrected chi connectivity index (χ4v) is 3.90. The van der Waals surface area contributed by atoms with Gasteiger partial charge in [0, 0.05) is 35.3 Å². The van der Waals surface area contributed by atoms with Crippen molar-refractivity contribution in [1.82, 2.24) is 4.98 Å². The number of halogens is 1. The van der Waals surface area contributed by atoms with Crippen LogP contribution in [0.5, 0.6) is 0 Å². The Hall–Kier alpha value is -2.73. The van der Waals surface area contributed by atoms with Gasteiger partial charge in [0.1, 0.15) is 5.82 Å². The minimum absolute atomic E-state index is 0.295. The summed E-state index contributed by atoms with van der Waals surface area (Å²) < 4.78 is 13.2. The van der Waals surface area contributed by atoms with Gasteiger partial charge >= 0.3 is 0 Å². The molecule has 1 N–H and O–H groups in total. The second-order valence-corrected chi connectivity index (χ2v) is 7.09. The average Bonchev–Trinajstić information content (AvgIpc) is 3.34. The molecule has 0 aliphatic carbocycles. The molecule has 0 unspecified atom stereocenters. The largest absolute Gasteiger partial charge is 0.348 e. The smallest absolute Gasteiger partial charge is 0.255 e. The van der Waals surface area contributed by atoms with Crippen molar-refractivity contribution in [1.29, 1.82) is 0 Å². The van der Waals surface area contributed by atoms with E-state index in [-0.39, 0.29) is 5.91 Å². The Morgan fingerprint density at radius 2 is 1.88 bits per heavy atom.